The number of benzene rings is 2. The van der Waals surface area contributed by atoms with Gasteiger partial charge in [0.25, 0.3) is 5.69 Å². The number of piperazine rings is 1. The quantitative estimate of drug-likeness (QED) is 0.352. The Kier molecular flexibility index (Phi) is 6.44. The van der Waals surface area contributed by atoms with Crippen LogP contribution in [0.2, 0.25) is 0 Å². The lowest BCUT2D eigenvalue weighted by Gasteiger charge is -2.34. The van der Waals surface area contributed by atoms with Crippen LogP contribution in [0.5, 0.6) is 11.6 Å². The summed E-state index contributed by atoms with van der Waals surface area (Å²) in [5.74, 6) is -0.161. The van der Waals surface area contributed by atoms with Crippen molar-refractivity contribution in [2.45, 2.75) is 20.4 Å². The summed E-state index contributed by atoms with van der Waals surface area (Å²) >= 11 is 0. The van der Waals surface area contributed by atoms with Gasteiger partial charge in [0.15, 0.2) is 11.6 Å². The number of ether oxygens (including phenoxy) is 1. The van der Waals surface area contributed by atoms with E-state index in [1.807, 2.05) is 36.6 Å². The molecule has 1 aliphatic rings. The Morgan fingerprint density at radius 1 is 1.08 bits per heavy atom. The number of nitrogens with zero attached hydrogens (tertiary/aromatic N) is 6. The number of aryl methyl sites for hydroxylation is 2. The molecule has 9 heteroatoms. The molecule has 3 heterocycles. The molecule has 0 spiro atoms. The predicted octanol–water partition coefficient (Wildman–Crippen LogP) is 5.74. The lowest BCUT2D eigenvalue weighted by molar-refractivity contribution is 0.313. The third kappa shape index (κ3) is 4.43. The van der Waals surface area contributed by atoms with Gasteiger partial charge in [-0.2, -0.15) is 0 Å². The molecule has 1 saturated heterocycles. The van der Waals surface area contributed by atoms with Crippen molar-refractivity contribution in [2.24, 2.45) is 0 Å². The number of hydrogen-bond donors (Lipinski definition) is 1. The molecule has 0 atom stereocenters. The molecule has 36 heavy (non-hydrogen) atoms. The van der Waals surface area contributed by atoms with Gasteiger partial charge in [-0.3, -0.25) is 0 Å². The number of likely N-dealkylation sites (N-methyl/N-ethyl adjacent to an activating group) is 1. The Morgan fingerprint density at radius 3 is 2.53 bits per heavy atom. The Bertz CT molecular complexity index is 1430. The SMILES string of the molecule is [C-]#[N+]c1c(Nc2ccc(N3CCN(C)CC3)cc2)ncnc1Oc1ccc2c(cc(C)n2CC)c1F. The van der Waals surface area contributed by atoms with Crippen LogP contribution in [0.25, 0.3) is 15.7 Å². The lowest BCUT2D eigenvalue weighted by atomic mass is 10.2. The highest BCUT2D eigenvalue weighted by molar-refractivity contribution is 5.84. The summed E-state index contributed by atoms with van der Waals surface area (Å²) in [6.45, 7) is 16.5. The Labute approximate surface area is 209 Å². The summed E-state index contributed by atoms with van der Waals surface area (Å²) in [7, 11) is 2.13. The minimum absolute atomic E-state index is 0.00135. The Morgan fingerprint density at radius 2 is 1.83 bits per heavy atom. The van der Waals surface area contributed by atoms with Crippen molar-refractivity contribution in [1.29, 1.82) is 0 Å². The lowest BCUT2D eigenvalue weighted by Crippen LogP contribution is -2.44. The topological polar surface area (TPSA) is 62.8 Å². The van der Waals surface area contributed by atoms with Crippen LogP contribution in [0.4, 0.5) is 27.3 Å². The number of fused-ring (bicyclic) bond motifs is 1. The molecule has 4 aromatic rings. The molecular formula is C27H28FN7O. The minimum Gasteiger partial charge on any atom is -0.446 e. The highest BCUT2D eigenvalue weighted by Gasteiger charge is 2.19. The van der Waals surface area contributed by atoms with Crippen molar-refractivity contribution in [3.05, 3.63) is 71.7 Å². The molecule has 0 radical (unpaired) electrons. The summed E-state index contributed by atoms with van der Waals surface area (Å²) in [6, 6.07) is 13.2. The number of halogens is 1. The fourth-order valence-electron chi connectivity index (χ4n) is 4.60. The average Bonchev–Trinajstić information content (AvgIpc) is 3.22. The van der Waals surface area contributed by atoms with Gasteiger partial charge >= 0.3 is 0 Å². The van der Waals surface area contributed by atoms with E-state index in [1.165, 1.54) is 6.33 Å². The first-order chi connectivity index (χ1) is 17.5. The van der Waals surface area contributed by atoms with Gasteiger partial charge in [0, 0.05) is 55.2 Å². The monoisotopic (exact) mass is 485 g/mol. The molecule has 1 aliphatic heterocycles. The van der Waals surface area contributed by atoms with Crippen molar-refractivity contribution in [1.82, 2.24) is 19.4 Å². The number of hydrogen-bond acceptors (Lipinski definition) is 6. The van der Waals surface area contributed by atoms with Crippen molar-refractivity contribution in [3.63, 3.8) is 0 Å². The summed E-state index contributed by atoms with van der Waals surface area (Å²) in [5, 5.41) is 3.66. The van der Waals surface area contributed by atoms with Crippen LogP contribution in [-0.2, 0) is 6.54 Å². The second-order valence-corrected chi connectivity index (χ2v) is 8.89. The molecule has 0 unspecified atom stereocenters. The molecule has 2 aromatic carbocycles. The molecule has 0 bridgehead atoms. The molecule has 1 N–H and O–H groups in total. The van der Waals surface area contributed by atoms with Crippen molar-refractivity contribution in [3.8, 4) is 11.6 Å². The van der Waals surface area contributed by atoms with E-state index in [0.717, 1.165) is 55.3 Å². The first-order valence-electron chi connectivity index (χ1n) is 12.0. The maximum atomic E-state index is 15.3. The van der Waals surface area contributed by atoms with Crippen LogP contribution in [-0.4, -0.2) is 52.7 Å². The number of nitrogens with one attached hydrogen (secondary N) is 1. The van der Waals surface area contributed by atoms with E-state index in [9.17, 15) is 0 Å². The van der Waals surface area contributed by atoms with Crippen LogP contribution < -0.4 is 15.0 Å². The third-order valence-electron chi connectivity index (χ3n) is 6.61. The summed E-state index contributed by atoms with van der Waals surface area (Å²) in [6.07, 6.45) is 1.30. The third-order valence-corrected chi connectivity index (χ3v) is 6.61. The van der Waals surface area contributed by atoms with Crippen LogP contribution in [0.3, 0.4) is 0 Å². The molecular weight excluding hydrogens is 457 g/mol. The molecule has 2 aromatic heterocycles. The van der Waals surface area contributed by atoms with Crippen LogP contribution in [0.15, 0.2) is 48.8 Å². The van der Waals surface area contributed by atoms with E-state index in [-0.39, 0.29) is 17.3 Å². The number of rotatable bonds is 6. The van der Waals surface area contributed by atoms with E-state index in [4.69, 9.17) is 11.3 Å². The molecule has 5 rings (SSSR count). The first kappa shape index (κ1) is 23.6. The Balaban J connectivity index is 1.38. The second kappa shape index (κ2) is 9.84. The fourth-order valence-corrected chi connectivity index (χ4v) is 4.60. The predicted molar refractivity (Wildman–Crippen MR) is 140 cm³/mol. The molecule has 1 fully saturated rings. The normalized spacial score (nSPS) is 14.1. The van der Waals surface area contributed by atoms with Crippen molar-refractivity contribution in [2.75, 3.05) is 43.4 Å². The zero-order valence-corrected chi connectivity index (χ0v) is 20.6. The van der Waals surface area contributed by atoms with E-state index in [0.29, 0.717) is 11.2 Å². The summed E-state index contributed by atoms with van der Waals surface area (Å²) in [4.78, 5) is 16.6. The van der Waals surface area contributed by atoms with Crippen LogP contribution >= 0.6 is 0 Å². The maximum absolute atomic E-state index is 15.3. The van der Waals surface area contributed by atoms with Gasteiger partial charge in [0.2, 0.25) is 5.88 Å². The highest BCUT2D eigenvalue weighted by atomic mass is 19.1. The van der Waals surface area contributed by atoms with E-state index in [1.54, 1.807) is 12.1 Å². The average molecular weight is 486 g/mol. The van der Waals surface area contributed by atoms with Crippen LogP contribution in [0.1, 0.15) is 12.6 Å². The smallest absolute Gasteiger partial charge is 0.288 e. The molecule has 8 nitrogen and oxygen atoms in total. The largest absolute Gasteiger partial charge is 0.446 e. The number of aromatic nitrogens is 3. The summed E-state index contributed by atoms with van der Waals surface area (Å²) in [5.41, 5.74) is 3.80. The minimum atomic E-state index is -0.480. The molecule has 0 aliphatic carbocycles. The number of anilines is 3. The zero-order chi connectivity index (χ0) is 25.2. The van der Waals surface area contributed by atoms with Gasteiger partial charge < -0.3 is 24.4 Å². The van der Waals surface area contributed by atoms with E-state index in [2.05, 4.69) is 49.1 Å². The standard InChI is InChI=1S/C27H28FN7O/c1-5-35-18(2)16-21-22(35)10-11-23(24(21)28)36-27-25(29-3)26(30-17-31-27)32-19-6-8-20(9-7-19)34-14-12-33(4)13-15-34/h6-11,16-17H,5,12-15H2,1-2,4H3,(H,30,31,32). The van der Waals surface area contributed by atoms with Gasteiger partial charge in [-0.1, -0.05) is 0 Å². The maximum Gasteiger partial charge on any atom is 0.288 e. The summed E-state index contributed by atoms with van der Waals surface area (Å²) < 4.78 is 23.1. The van der Waals surface area contributed by atoms with Gasteiger partial charge in [-0.25, -0.2) is 19.2 Å². The molecule has 0 saturated carbocycles. The van der Waals surface area contributed by atoms with Gasteiger partial charge in [0.1, 0.15) is 12.1 Å². The van der Waals surface area contributed by atoms with Crippen LogP contribution in [0, 0.1) is 19.3 Å². The zero-order valence-electron chi connectivity index (χ0n) is 20.6. The van der Waals surface area contributed by atoms with Gasteiger partial charge in [-0.15, -0.1) is 0 Å². The van der Waals surface area contributed by atoms with Crippen molar-refractivity contribution >= 4 is 33.8 Å². The fraction of sp³-hybridized carbons (Fsp3) is 0.296. The second-order valence-electron chi connectivity index (χ2n) is 8.89. The highest BCUT2D eigenvalue weighted by Crippen LogP contribution is 2.38. The molecule has 184 valence electrons. The molecule has 0 amide bonds. The van der Waals surface area contributed by atoms with Crippen molar-refractivity contribution < 1.29 is 9.13 Å². The van der Waals surface area contributed by atoms with E-state index >= 15 is 4.39 Å². The van der Waals surface area contributed by atoms with E-state index < -0.39 is 5.82 Å². The Hall–Kier alpha value is -4.16. The first-order valence-corrected chi connectivity index (χ1v) is 12.0. The van der Waals surface area contributed by atoms with Gasteiger partial charge in [0.05, 0.1) is 12.1 Å². The van der Waals surface area contributed by atoms with Gasteiger partial charge in [-0.05, 0) is 63.4 Å².